The molecule has 20 heavy (non-hydrogen) atoms. The molecule has 5 nitrogen and oxygen atoms in total. The summed E-state index contributed by atoms with van der Waals surface area (Å²) in [5, 5.41) is 0. The Morgan fingerprint density at radius 1 is 1.30 bits per heavy atom. The van der Waals surface area contributed by atoms with Gasteiger partial charge in [0, 0.05) is 19.9 Å². The van der Waals surface area contributed by atoms with Crippen molar-refractivity contribution in [1.29, 1.82) is 0 Å². The molecular formula is C15H27NO4. The summed E-state index contributed by atoms with van der Waals surface area (Å²) in [5.41, 5.74) is -0.842. The van der Waals surface area contributed by atoms with Crippen molar-refractivity contribution >= 4 is 6.09 Å². The van der Waals surface area contributed by atoms with Gasteiger partial charge >= 0.3 is 6.09 Å². The molecule has 2 fully saturated rings. The highest BCUT2D eigenvalue weighted by Gasteiger charge is 2.51. The van der Waals surface area contributed by atoms with Crippen LogP contribution in [0.2, 0.25) is 0 Å². The van der Waals surface area contributed by atoms with Crippen LogP contribution in [-0.2, 0) is 14.2 Å². The minimum Gasteiger partial charge on any atom is -0.444 e. The summed E-state index contributed by atoms with van der Waals surface area (Å²) in [5.74, 6) is 0. The van der Waals surface area contributed by atoms with Gasteiger partial charge in [0.2, 0.25) is 0 Å². The van der Waals surface area contributed by atoms with Crippen LogP contribution in [0, 0.1) is 0 Å². The normalized spacial score (nSPS) is 32.6. The number of nitrogens with zero attached hydrogens (tertiary/aromatic N) is 1. The Bertz CT molecular complexity index is 388. The molecule has 1 spiro atoms. The fraction of sp³-hybridized carbons (Fsp3) is 0.933. The first kappa shape index (κ1) is 15.6. The lowest BCUT2D eigenvalue weighted by Crippen LogP contribution is -2.42. The smallest absolute Gasteiger partial charge is 0.410 e. The van der Waals surface area contributed by atoms with Gasteiger partial charge in [-0.3, -0.25) is 0 Å². The lowest BCUT2D eigenvalue weighted by Gasteiger charge is -2.28. The zero-order valence-electron chi connectivity index (χ0n) is 13.5. The molecule has 0 bridgehead atoms. The summed E-state index contributed by atoms with van der Waals surface area (Å²) in [6.07, 6.45) is 1.39. The van der Waals surface area contributed by atoms with E-state index in [-0.39, 0.29) is 23.3 Å². The highest BCUT2D eigenvalue weighted by Crippen LogP contribution is 2.42. The summed E-state index contributed by atoms with van der Waals surface area (Å²) in [4.78, 5) is 13.8. The van der Waals surface area contributed by atoms with Crippen LogP contribution in [0.4, 0.5) is 4.79 Å². The van der Waals surface area contributed by atoms with Crippen molar-refractivity contribution in [3.05, 3.63) is 0 Å². The van der Waals surface area contributed by atoms with Crippen LogP contribution in [0.25, 0.3) is 0 Å². The number of likely N-dealkylation sites (N-methyl/N-ethyl adjacent to an activating group) is 1. The number of amides is 1. The van der Waals surface area contributed by atoms with Gasteiger partial charge in [0.15, 0.2) is 0 Å². The van der Waals surface area contributed by atoms with Crippen molar-refractivity contribution in [3.8, 4) is 0 Å². The molecule has 0 unspecified atom stereocenters. The lowest BCUT2D eigenvalue weighted by molar-refractivity contribution is -0.0133. The molecule has 2 heterocycles. The van der Waals surface area contributed by atoms with Gasteiger partial charge in [-0.1, -0.05) is 0 Å². The Balaban J connectivity index is 1.94. The zero-order valence-corrected chi connectivity index (χ0v) is 13.5. The van der Waals surface area contributed by atoms with E-state index < -0.39 is 5.60 Å². The first-order valence-electron chi connectivity index (χ1n) is 7.26. The molecule has 0 radical (unpaired) electrons. The second kappa shape index (κ2) is 4.88. The summed E-state index contributed by atoms with van der Waals surface area (Å²) >= 11 is 0. The van der Waals surface area contributed by atoms with E-state index in [9.17, 15) is 4.79 Å². The summed E-state index contributed by atoms with van der Waals surface area (Å²) in [7, 11) is 1.78. The van der Waals surface area contributed by atoms with Crippen molar-refractivity contribution < 1.29 is 19.0 Å². The maximum absolute atomic E-state index is 12.1. The van der Waals surface area contributed by atoms with E-state index in [1.54, 1.807) is 11.9 Å². The number of hydrogen-bond donors (Lipinski definition) is 0. The van der Waals surface area contributed by atoms with Gasteiger partial charge in [0.05, 0.1) is 30.5 Å². The Kier molecular flexibility index (Phi) is 3.80. The lowest BCUT2D eigenvalue weighted by atomic mass is 9.90. The Labute approximate surface area is 121 Å². The Morgan fingerprint density at radius 2 is 1.95 bits per heavy atom. The van der Waals surface area contributed by atoms with Crippen LogP contribution in [0.1, 0.15) is 47.5 Å². The number of rotatable bonds is 1. The molecule has 116 valence electrons. The first-order chi connectivity index (χ1) is 9.02. The van der Waals surface area contributed by atoms with Crippen LogP contribution in [-0.4, -0.2) is 54.1 Å². The maximum atomic E-state index is 12.1. The molecular weight excluding hydrogens is 258 g/mol. The number of carbonyl (C=O) groups excluding carboxylic acids is 1. The fourth-order valence-corrected chi connectivity index (χ4v) is 2.98. The van der Waals surface area contributed by atoms with Crippen molar-refractivity contribution in [3.63, 3.8) is 0 Å². The van der Waals surface area contributed by atoms with Crippen molar-refractivity contribution in [2.75, 3.05) is 20.3 Å². The minimum absolute atomic E-state index is 0.0577. The molecule has 0 N–H and O–H groups in total. The second-order valence-electron chi connectivity index (χ2n) is 7.67. The predicted molar refractivity (Wildman–Crippen MR) is 75.7 cm³/mol. The fourth-order valence-electron chi connectivity index (χ4n) is 2.98. The molecule has 2 aliphatic rings. The second-order valence-corrected chi connectivity index (χ2v) is 7.67. The van der Waals surface area contributed by atoms with Crippen LogP contribution in [0.3, 0.4) is 0 Å². The third-order valence-electron chi connectivity index (χ3n) is 3.89. The molecule has 2 atom stereocenters. The summed E-state index contributed by atoms with van der Waals surface area (Å²) in [6.45, 7) is 10.9. The molecule has 0 aliphatic carbocycles. The quantitative estimate of drug-likeness (QED) is 0.743. The molecule has 2 rings (SSSR count). The van der Waals surface area contributed by atoms with Gasteiger partial charge in [-0.25, -0.2) is 4.79 Å². The summed E-state index contributed by atoms with van der Waals surface area (Å²) in [6, 6.07) is 0.0577. The van der Waals surface area contributed by atoms with E-state index in [0.29, 0.717) is 13.2 Å². The number of ether oxygens (including phenoxy) is 3. The standard InChI is InChI=1S/C15H27NO4/c1-13(2,3)20-12(17)16(6)11-7-15(18-8-11)9-14(4,5)19-10-15/h11H,7-10H2,1-6H3/t11-,15-/m0/s1. The molecule has 0 aromatic rings. The van der Waals surface area contributed by atoms with Crippen LogP contribution >= 0.6 is 0 Å². The average molecular weight is 285 g/mol. The minimum atomic E-state index is -0.471. The van der Waals surface area contributed by atoms with E-state index in [4.69, 9.17) is 14.2 Å². The third-order valence-corrected chi connectivity index (χ3v) is 3.89. The average Bonchev–Trinajstić information content (AvgIpc) is 2.80. The molecule has 1 amide bonds. The SMILES string of the molecule is CN(C(=O)OC(C)(C)C)[C@@H]1CO[C@@]2(COC(C)(C)C2)C1. The van der Waals surface area contributed by atoms with Gasteiger partial charge in [-0.15, -0.1) is 0 Å². The van der Waals surface area contributed by atoms with Crippen molar-refractivity contribution in [2.45, 2.75) is 70.3 Å². The highest BCUT2D eigenvalue weighted by molar-refractivity contribution is 5.68. The number of hydrogen-bond acceptors (Lipinski definition) is 4. The molecule has 2 aliphatic heterocycles. The van der Waals surface area contributed by atoms with Crippen LogP contribution < -0.4 is 0 Å². The topological polar surface area (TPSA) is 48.0 Å². The molecule has 0 saturated carbocycles. The van der Waals surface area contributed by atoms with Gasteiger partial charge in [0.1, 0.15) is 5.60 Å². The van der Waals surface area contributed by atoms with E-state index in [1.165, 1.54) is 0 Å². The Morgan fingerprint density at radius 3 is 2.45 bits per heavy atom. The summed E-state index contributed by atoms with van der Waals surface area (Å²) < 4.78 is 17.2. The van der Waals surface area contributed by atoms with E-state index in [0.717, 1.165) is 12.8 Å². The van der Waals surface area contributed by atoms with E-state index >= 15 is 0 Å². The number of carbonyl (C=O) groups is 1. The van der Waals surface area contributed by atoms with Crippen LogP contribution in [0.5, 0.6) is 0 Å². The van der Waals surface area contributed by atoms with Crippen molar-refractivity contribution in [1.82, 2.24) is 4.90 Å². The van der Waals surface area contributed by atoms with Crippen LogP contribution in [0.15, 0.2) is 0 Å². The molecule has 2 saturated heterocycles. The monoisotopic (exact) mass is 285 g/mol. The van der Waals surface area contributed by atoms with Crippen molar-refractivity contribution in [2.24, 2.45) is 0 Å². The first-order valence-corrected chi connectivity index (χ1v) is 7.26. The molecule has 5 heteroatoms. The Hall–Kier alpha value is -0.810. The predicted octanol–water partition coefficient (Wildman–Crippen LogP) is 2.58. The highest BCUT2D eigenvalue weighted by atomic mass is 16.6. The van der Waals surface area contributed by atoms with Gasteiger partial charge in [-0.05, 0) is 34.6 Å². The van der Waals surface area contributed by atoms with E-state index in [2.05, 4.69) is 13.8 Å². The molecule has 0 aromatic carbocycles. The van der Waals surface area contributed by atoms with E-state index in [1.807, 2.05) is 20.8 Å². The van der Waals surface area contributed by atoms with Gasteiger partial charge in [-0.2, -0.15) is 0 Å². The maximum Gasteiger partial charge on any atom is 0.410 e. The largest absolute Gasteiger partial charge is 0.444 e. The van der Waals surface area contributed by atoms with Gasteiger partial charge < -0.3 is 19.1 Å². The zero-order chi connectivity index (χ0) is 15.2. The molecule has 0 aromatic heterocycles. The van der Waals surface area contributed by atoms with Gasteiger partial charge in [0.25, 0.3) is 0 Å². The third kappa shape index (κ3) is 3.44.